The molecule has 1 aliphatic rings. The zero-order valence-electron chi connectivity index (χ0n) is 9.36. The molecule has 0 radical (unpaired) electrons. The summed E-state index contributed by atoms with van der Waals surface area (Å²) in [6, 6.07) is 0. The van der Waals surface area contributed by atoms with E-state index in [0.29, 0.717) is 12.0 Å². The molecule has 0 heterocycles. The standard InChI is InChI=1S/C11H22N2O/c1-3-12-10(14)6-9-13-11(2)7-4-5-8-11/h13H,3-9H2,1-2H3,(H,12,14). The minimum atomic E-state index is 0.154. The number of nitrogens with one attached hydrogen (secondary N) is 2. The molecule has 0 aromatic rings. The van der Waals surface area contributed by atoms with Gasteiger partial charge in [-0.25, -0.2) is 0 Å². The monoisotopic (exact) mass is 198 g/mol. The van der Waals surface area contributed by atoms with Gasteiger partial charge in [0.2, 0.25) is 5.91 Å². The second-order valence-electron chi connectivity index (χ2n) is 4.40. The molecular formula is C11H22N2O. The lowest BCUT2D eigenvalue weighted by Crippen LogP contribution is -2.41. The minimum Gasteiger partial charge on any atom is -0.356 e. The molecule has 1 rings (SSSR count). The van der Waals surface area contributed by atoms with Gasteiger partial charge in [0.25, 0.3) is 0 Å². The van der Waals surface area contributed by atoms with Crippen molar-refractivity contribution in [1.29, 1.82) is 0 Å². The van der Waals surface area contributed by atoms with Gasteiger partial charge in [-0.05, 0) is 26.7 Å². The van der Waals surface area contributed by atoms with Crippen LogP contribution in [-0.2, 0) is 4.79 Å². The van der Waals surface area contributed by atoms with Crippen LogP contribution in [0, 0.1) is 0 Å². The third kappa shape index (κ3) is 3.66. The molecule has 0 saturated heterocycles. The van der Waals surface area contributed by atoms with E-state index in [1.165, 1.54) is 25.7 Å². The third-order valence-electron chi connectivity index (χ3n) is 2.98. The van der Waals surface area contributed by atoms with Gasteiger partial charge in [-0.2, -0.15) is 0 Å². The fourth-order valence-corrected chi connectivity index (χ4v) is 2.10. The summed E-state index contributed by atoms with van der Waals surface area (Å²) in [4.78, 5) is 11.2. The lowest BCUT2D eigenvalue weighted by molar-refractivity contribution is -0.120. The second kappa shape index (κ2) is 5.35. The Bertz CT molecular complexity index is 186. The van der Waals surface area contributed by atoms with Crippen molar-refractivity contribution in [2.75, 3.05) is 13.1 Å². The van der Waals surface area contributed by atoms with Crippen molar-refractivity contribution >= 4 is 5.91 Å². The maximum absolute atomic E-state index is 11.2. The quantitative estimate of drug-likeness (QED) is 0.701. The van der Waals surface area contributed by atoms with Gasteiger partial charge in [0, 0.05) is 25.0 Å². The van der Waals surface area contributed by atoms with E-state index in [1.54, 1.807) is 0 Å². The van der Waals surface area contributed by atoms with E-state index in [-0.39, 0.29) is 5.91 Å². The van der Waals surface area contributed by atoms with Crippen LogP contribution in [0.4, 0.5) is 0 Å². The molecule has 1 saturated carbocycles. The first-order chi connectivity index (χ1) is 6.66. The highest BCUT2D eigenvalue weighted by Crippen LogP contribution is 2.28. The van der Waals surface area contributed by atoms with E-state index in [1.807, 2.05) is 6.92 Å². The summed E-state index contributed by atoms with van der Waals surface area (Å²) < 4.78 is 0. The maximum Gasteiger partial charge on any atom is 0.221 e. The Labute approximate surface area is 86.6 Å². The molecule has 0 unspecified atom stereocenters. The zero-order chi connectivity index (χ0) is 10.4. The summed E-state index contributed by atoms with van der Waals surface area (Å²) in [7, 11) is 0. The fraction of sp³-hybridized carbons (Fsp3) is 0.909. The summed E-state index contributed by atoms with van der Waals surface area (Å²) in [6.45, 7) is 5.75. The third-order valence-corrected chi connectivity index (χ3v) is 2.98. The average Bonchev–Trinajstić information content (AvgIpc) is 2.53. The Hall–Kier alpha value is -0.570. The van der Waals surface area contributed by atoms with Crippen LogP contribution in [0.2, 0.25) is 0 Å². The SMILES string of the molecule is CCNC(=O)CCNC1(C)CCCC1. The highest BCUT2D eigenvalue weighted by atomic mass is 16.1. The van der Waals surface area contributed by atoms with Crippen molar-refractivity contribution in [2.24, 2.45) is 0 Å². The number of carbonyl (C=O) groups is 1. The van der Waals surface area contributed by atoms with E-state index in [0.717, 1.165) is 13.1 Å². The number of hydrogen-bond acceptors (Lipinski definition) is 2. The van der Waals surface area contributed by atoms with Crippen molar-refractivity contribution in [3.63, 3.8) is 0 Å². The van der Waals surface area contributed by atoms with E-state index >= 15 is 0 Å². The Balaban J connectivity index is 2.11. The van der Waals surface area contributed by atoms with Gasteiger partial charge in [0.05, 0.1) is 0 Å². The number of amides is 1. The summed E-state index contributed by atoms with van der Waals surface area (Å²) in [5.41, 5.74) is 0.298. The van der Waals surface area contributed by atoms with Crippen LogP contribution in [0.25, 0.3) is 0 Å². The Morgan fingerprint density at radius 1 is 1.36 bits per heavy atom. The Kier molecular flexibility index (Phi) is 4.39. The molecule has 82 valence electrons. The molecule has 3 nitrogen and oxygen atoms in total. The molecule has 0 spiro atoms. The van der Waals surface area contributed by atoms with Crippen molar-refractivity contribution < 1.29 is 4.79 Å². The normalized spacial score (nSPS) is 19.6. The van der Waals surface area contributed by atoms with E-state index in [2.05, 4.69) is 17.6 Å². The molecule has 14 heavy (non-hydrogen) atoms. The number of carbonyl (C=O) groups excluding carboxylic acids is 1. The van der Waals surface area contributed by atoms with Gasteiger partial charge >= 0.3 is 0 Å². The van der Waals surface area contributed by atoms with Gasteiger partial charge in [-0.15, -0.1) is 0 Å². The molecule has 0 bridgehead atoms. The molecular weight excluding hydrogens is 176 g/mol. The highest BCUT2D eigenvalue weighted by molar-refractivity contribution is 5.75. The zero-order valence-corrected chi connectivity index (χ0v) is 9.36. The molecule has 1 fully saturated rings. The summed E-state index contributed by atoms with van der Waals surface area (Å²) in [6.07, 6.45) is 5.75. The minimum absolute atomic E-state index is 0.154. The van der Waals surface area contributed by atoms with Gasteiger partial charge < -0.3 is 10.6 Å². The van der Waals surface area contributed by atoms with Gasteiger partial charge in [-0.3, -0.25) is 4.79 Å². The van der Waals surface area contributed by atoms with E-state index in [4.69, 9.17) is 0 Å². The van der Waals surface area contributed by atoms with Crippen molar-refractivity contribution in [1.82, 2.24) is 10.6 Å². The maximum atomic E-state index is 11.2. The van der Waals surface area contributed by atoms with Crippen LogP contribution >= 0.6 is 0 Å². The van der Waals surface area contributed by atoms with Crippen LogP contribution in [0.1, 0.15) is 46.0 Å². The molecule has 1 aliphatic carbocycles. The molecule has 3 heteroatoms. The van der Waals surface area contributed by atoms with Crippen LogP contribution < -0.4 is 10.6 Å². The first kappa shape index (κ1) is 11.5. The first-order valence-corrected chi connectivity index (χ1v) is 5.68. The lowest BCUT2D eigenvalue weighted by atomic mass is 10.0. The molecule has 0 aromatic carbocycles. The van der Waals surface area contributed by atoms with Crippen LogP contribution in [0.15, 0.2) is 0 Å². The largest absolute Gasteiger partial charge is 0.356 e. The van der Waals surface area contributed by atoms with Crippen LogP contribution in [0.3, 0.4) is 0 Å². The lowest BCUT2D eigenvalue weighted by Gasteiger charge is -2.25. The summed E-state index contributed by atoms with van der Waals surface area (Å²) in [5.74, 6) is 0.154. The summed E-state index contributed by atoms with van der Waals surface area (Å²) >= 11 is 0. The molecule has 1 amide bonds. The van der Waals surface area contributed by atoms with Crippen LogP contribution in [-0.4, -0.2) is 24.5 Å². The highest BCUT2D eigenvalue weighted by Gasteiger charge is 2.27. The number of rotatable bonds is 5. The molecule has 0 aliphatic heterocycles. The van der Waals surface area contributed by atoms with Gasteiger partial charge in [-0.1, -0.05) is 12.8 Å². The first-order valence-electron chi connectivity index (χ1n) is 5.68. The van der Waals surface area contributed by atoms with Crippen molar-refractivity contribution in [2.45, 2.75) is 51.5 Å². The second-order valence-corrected chi connectivity index (χ2v) is 4.40. The molecule has 0 atom stereocenters. The van der Waals surface area contributed by atoms with Crippen LogP contribution in [0.5, 0.6) is 0 Å². The van der Waals surface area contributed by atoms with E-state index < -0.39 is 0 Å². The average molecular weight is 198 g/mol. The topological polar surface area (TPSA) is 41.1 Å². The van der Waals surface area contributed by atoms with Crippen molar-refractivity contribution in [3.8, 4) is 0 Å². The predicted octanol–water partition coefficient (Wildman–Crippen LogP) is 1.43. The Morgan fingerprint density at radius 2 is 2.00 bits per heavy atom. The fourth-order valence-electron chi connectivity index (χ4n) is 2.10. The molecule has 2 N–H and O–H groups in total. The van der Waals surface area contributed by atoms with Gasteiger partial charge in [0.15, 0.2) is 0 Å². The van der Waals surface area contributed by atoms with Crippen molar-refractivity contribution in [3.05, 3.63) is 0 Å². The predicted molar refractivity (Wildman–Crippen MR) is 58.2 cm³/mol. The molecule has 0 aromatic heterocycles. The van der Waals surface area contributed by atoms with E-state index in [9.17, 15) is 4.79 Å². The summed E-state index contributed by atoms with van der Waals surface area (Å²) in [5, 5.41) is 6.29. The smallest absolute Gasteiger partial charge is 0.221 e. The Morgan fingerprint density at radius 3 is 2.57 bits per heavy atom. The van der Waals surface area contributed by atoms with Gasteiger partial charge in [0.1, 0.15) is 0 Å². The number of hydrogen-bond donors (Lipinski definition) is 2.